The average Bonchev–Trinajstić information content (AvgIpc) is 2.85. The first kappa shape index (κ1) is 16.4. The van der Waals surface area contributed by atoms with Crippen molar-refractivity contribution in [1.82, 2.24) is 14.8 Å². The standard InChI is InChI=1S/C14H23N3O3S/c1-2-3-11-13(14(19)20)21-12(15-11)10-17-6-4-16(5-7-17)8-9-18/h18H,2-10H2,1H3,(H,19,20). The van der Waals surface area contributed by atoms with E-state index in [0.717, 1.165) is 62.8 Å². The zero-order chi connectivity index (χ0) is 15.2. The van der Waals surface area contributed by atoms with Crippen LogP contribution in [-0.4, -0.2) is 70.3 Å². The number of carboxylic acid groups (broad SMARTS) is 1. The zero-order valence-electron chi connectivity index (χ0n) is 12.4. The summed E-state index contributed by atoms with van der Waals surface area (Å²) in [5, 5.41) is 19.1. The molecule has 0 unspecified atom stereocenters. The lowest BCUT2D eigenvalue weighted by Gasteiger charge is -2.33. The molecular formula is C14H23N3O3S. The number of aryl methyl sites for hydroxylation is 1. The van der Waals surface area contributed by atoms with Gasteiger partial charge >= 0.3 is 5.97 Å². The second kappa shape index (κ2) is 7.84. The fourth-order valence-electron chi connectivity index (χ4n) is 2.55. The summed E-state index contributed by atoms with van der Waals surface area (Å²) in [6.45, 7) is 7.45. The summed E-state index contributed by atoms with van der Waals surface area (Å²) >= 11 is 1.31. The van der Waals surface area contributed by atoms with Crippen LogP contribution in [0.15, 0.2) is 0 Å². The van der Waals surface area contributed by atoms with Crippen molar-refractivity contribution in [2.45, 2.75) is 26.3 Å². The predicted octanol–water partition coefficient (Wildman–Crippen LogP) is 0.904. The molecule has 2 heterocycles. The number of aromatic nitrogens is 1. The first-order valence-electron chi connectivity index (χ1n) is 7.41. The van der Waals surface area contributed by atoms with Gasteiger partial charge in [-0.1, -0.05) is 13.3 Å². The molecule has 0 atom stereocenters. The van der Waals surface area contributed by atoms with Crippen LogP contribution in [0.4, 0.5) is 0 Å². The highest BCUT2D eigenvalue weighted by molar-refractivity contribution is 7.13. The molecule has 2 rings (SSSR count). The van der Waals surface area contributed by atoms with Crippen molar-refractivity contribution >= 4 is 17.3 Å². The van der Waals surface area contributed by atoms with Crippen LogP contribution < -0.4 is 0 Å². The molecule has 1 aliphatic heterocycles. The Hall–Kier alpha value is -1.02. The number of hydrogen-bond donors (Lipinski definition) is 2. The summed E-state index contributed by atoms with van der Waals surface area (Å²) in [6.07, 6.45) is 1.63. The van der Waals surface area contributed by atoms with Crippen molar-refractivity contribution in [3.8, 4) is 0 Å². The van der Waals surface area contributed by atoms with Crippen LogP contribution in [-0.2, 0) is 13.0 Å². The first-order chi connectivity index (χ1) is 10.1. The minimum absolute atomic E-state index is 0.203. The minimum Gasteiger partial charge on any atom is -0.477 e. The van der Waals surface area contributed by atoms with E-state index in [4.69, 9.17) is 5.11 Å². The third-order valence-electron chi connectivity index (χ3n) is 3.66. The third kappa shape index (κ3) is 4.47. The molecule has 0 radical (unpaired) electrons. The molecule has 0 amide bonds. The van der Waals surface area contributed by atoms with E-state index in [2.05, 4.69) is 14.8 Å². The highest BCUT2D eigenvalue weighted by atomic mass is 32.1. The molecule has 1 fully saturated rings. The largest absolute Gasteiger partial charge is 0.477 e. The molecule has 1 aliphatic rings. The van der Waals surface area contributed by atoms with E-state index < -0.39 is 5.97 Å². The van der Waals surface area contributed by atoms with Crippen molar-refractivity contribution < 1.29 is 15.0 Å². The highest BCUT2D eigenvalue weighted by Crippen LogP contribution is 2.22. The van der Waals surface area contributed by atoms with Gasteiger partial charge in [-0.25, -0.2) is 9.78 Å². The van der Waals surface area contributed by atoms with Gasteiger partial charge < -0.3 is 10.2 Å². The molecule has 0 aliphatic carbocycles. The van der Waals surface area contributed by atoms with Crippen LogP contribution in [0.5, 0.6) is 0 Å². The van der Waals surface area contributed by atoms with Gasteiger partial charge in [-0.3, -0.25) is 9.80 Å². The van der Waals surface area contributed by atoms with Crippen LogP contribution in [0.1, 0.15) is 33.7 Å². The molecule has 2 N–H and O–H groups in total. The Bertz CT molecular complexity index is 470. The number of nitrogens with zero attached hydrogens (tertiary/aromatic N) is 3. The molecule has 1 aromatic heterocycles. The van der Waals surface area contributed by atoms with Crippen LogP contribution in [0.3, 0.4) is 0 Å². The Balaban J connectivity index is 1.94. The van der Waals surface area contributed by atoms with Gasteiger partial charge in [0.2, 0.25) is 0 Å². The van der Waals surface area contributed by atoms with Gasteiger partial charge in [0.25, 0.3) is 0 Å². The molecule has 0 aromatic carbocycles. The number of aliphatic hydroxyl groups is 1. The summed E-state index contributed by atoms with van der Waals surface area (Å²) in [5.41, 5.74) is 0.726. The molecule has 118 valence electrons. The lowest BCUT2D eigenvalue weighted by molar-refractivity contribution is 0.0700. The second-order valence-electron chi connectivity index (χ2n) is 5.28. The summed E-state index contributed by atoms with van der Waals surface area (Å²) < 4.78 is 0. The molecule has 0 bridgehead atoms. The lowest BCUT2D eigenvalue weighted by atomic mass is 10.2. The average molecular weight is 313 g/mol. The number of aromatic carboxylic acids is 1. The van der Waals surface area contributed by atoms with Crippen LogP contribution in [0.2, 0.25) is 0 Å². The summed E-state index contributed by atoms with van der Waals surface area (Å²) in [6, 6.07) is 0. The molecule has 7 heteroatoms. The van der Waals surface area contributed by atoms with E-state index in [9.17, 15) is 9.90 Å². The molecular weight excluding hydrogens is 290 g/mol. The Morgan fingerprint density at radius 3 is 2.52 bits per heavy atom. The Kier molecular flexibility index (Phi) is 6.10. The van der Waals surface area contributed by atoms with Crippen LogP contribution in [0.25, 0.3) is 0 Å². The highest BCUT2D eigenvalue weighted by Gasteiger charge is 2.20. The fraction of sp³-hybridized carbons (Fsp3) is 0.714. The van der Waals surface area contributed by atoms with Crippen molar-refractivity contribution in [3.63, 3.8) is 0 Å². The van der Waals surface area contributed by atoms with Crippen molar-refractivity contribution in [3.05, 3.63) is 15.6 Å². The first-order valence-corrected chi connectivity index (χ1v) is 8.23. The van der Waals surface area contributed by atoms with E-state index in [1.165, 1.54) is 11.3 Å². The number of piperazine rings is 1. The lowest BCUT2D eigenvalue weighted by Crippen LogP contribution is -2.46. The van der Waals surface area contributed by atoms with Crippen molar-refractivity contribution in [2.24, 2.45) is 0 Å². The SMILES string of the molecule is CCCc1nc(CN2CCN(CCO)CC2)sc1C(=O)O. The number of thiazole rings is 1. The Morgan fingerprint density at radius 2 is 1.95 bits per heavy atom. The number of aliphatic hydroxyl groups excluding tert-OH is 1. The summed E-state index contributed by atoms with van der Waals surface area (Å²) in [7, 11) is 0. The maximum absolute atomic E-state index is 11.2. The fourth-order valence-corrected chi connectivity index (χ4v) is 3.54. The van der Waals surface area contributed by atoms with Gasteiger partial charge in [0, 0.05) is 32.7 Å². The topological polar surface area (TPSA) is 76.9 Å². The molecule has 1 aromatic rings. The van der Waals surface area contributed by atoms with Gasteiger partial charge in [-0.2, -0.15) is 0 Å². The maximum atomic E-state index is 11.2. The minimum atomic E-state index is -0.866. The number of carbonyl (C=O) groups is 1. The third-order valence-corrected chi connectivity index (χ3v) is 4.73. The van der Waals surface area contributed by atoms with E-state index >= 15 is 0 Å². The molecule has 0 spiro atoms. The van der Waals surface area contributed by atoms with Crippen LogP contribution >= 0.6 is 11.3 Å². The van der Waals surface area contributed by atoms with Crippen molar-refractivity contribution in [2.75, 3.05) is 39.3 Å². The van der Waals surface area contributed by atoms with E-state index in [1.54, 1.807) is 0 Å². The van der Waals surface area contributed by atoms with Gasteiger partial charge in [0.05, 0.1) is 18.8 Å². The zero-order valence-corrected chi connectivity index (χ0v) is 13.2. The normalized spacial score (nSPS) is 17.2. The van der Waals surface area contributed by atoms with E-state index in [-0.39, 0.29) is 6.61 Å². The van der Waals surface area contributed by atoms with Gasteiger partial charge in [-0.15, -0.1) is 11.3 Å². The van der Waals surface area contributed by atoms with Crippen LogP contribution in [0, 0.1) is 0 Å². The smallest absolute Gasteiger partial charge is 0.347 e. The molecule has 21 heavy (non-hydrogen) atoms. The summed E-state index contributed by atoms with van der Waals surface area (Å²) in [4.78, 5) is 20.7. The molecule has 6 nitrogen and oxygen atoms in total. The monoisotopic (exact) mass is 313 g/mol. The second-order valence-corrected chi connectivity index (χ2v) is 6.36. The molecule has 0 saturated carbocycles. The number of β-amino-alcohol motifs (C(OH)–C–C–N with tert-alkyl or cyclic N) is 1. The predicted molar refractivity (Wildman–Crippen MR) is 81.9 cm³/mol. The Labute approximate surface area is 129 Å². The van der Waals surface area contributed by atoms with Gasteiger partial charge in [-0.05, 0) is 6.42 Å². The number of rotatable bonds is 7. The van der Waals surface area contributed by atoms with E-state index in [1.807, 2.05) is 6.92 Å². The number of carboxylic acids is 1. The maximum Gasteiger partial charge on any atom is 0.347 e. The van der Waals surface area contributed by atoms with Crippen molar-refractivity contribution in [1.29, 1.82) is 0 Å². The molecule has 1 saturated heterocycles. The summed E-state index contributed by atoms with van der Waals surface area (Å²) in [5.74, 6) is -0.866. The quantitative estimate of drug-likeness (QED) is 0.779. The number of hydrogen-bond acceptors (Lipinski definition) is 6. The van der Waals surface area contributed by atoms with Gasteiger partial charge in [0.15, 0.2) is 0 Å². The van der Waals surface area contributed by atoms with E-state index in [0.29, 0.717) is 4.88 Å². The Morgan fingerprint density at radius 1 is 1.29 bits per heavy atom. The van der Waals surface area contributed by atoms with Gasteiger partial charge in [0.1, 0.15) is 9.88 Å².